The van der Waals surface area contributed by atoms with Gasteiger partial charge in [-0.15, -0.1) is 0 Å². The van der Waals surface area contributed by atoms with Crippen molar-refractivity contribution in [2.24, 2.45) is 5.92 Å². The Hall–Kier alpha value is -2.54. The second kappa shape index (κ2) is 8.43. The second-order valence-electron chi connectivity index (χ2n) is 6.79. The van der Waals surface area contributed by atoms with Gasteiger partial charge in [0.15, 0.2) is 0 Å². The van der Waals surface area contributed by atoms with Crippen molar-refractivity contribution in [2.75, 3.05) is 37.0 Å². The summed E-state index contributed by atoms with van der Waals surface area (Å²) in [7, 11) is 1.62. The van der Waals surface area contributed by atoms with E-state index in [9.17, 15) is 4.79 Å². The number of piperazine rings is 1. The summed E-state index contributed by atoms with van der Waals surface area (Å²) in [4.78, 5) is 25.4. The predicted octanol–water partition coefficient (Wildman–Crippen LogP) is 3.52. The van der Waals surface area contributed by atoms with Crippen molar-refractivity contribution < 1.29 is 9.53 Å². The van der Waals surface area contributed by atoms with E-state index in [0.717, 1.165) is 11.4 Å². The molecule has 0 bridgehead atoms. The van der Waals surface area contributed by atoms with Crippen molar-refractivity contribution >= 4 is 29.3 Å². The normalized spacial score (nSPS) is 17.1. The average Bonchev–Trinajstić information content (AvgIpc) is 2.68. The number of halogens is 1. The topological polar surface area (TPSA) is 70.6 Å². The van der Waals surface area contributed by atoms with Crippen molar-refractivity contribution in [3.8, 4) is 5.75 Å². The predicted molar refractivity (Wildman–Crippen MR) is 107 cm³/mol. The molecule has 1 fully saturated rings. The fourth-order valence-corrected chi connectivity index (χ4v) is 3.30. The molecule has 1 saturated heterocycles. The Balaban J connectivity index is 1.70. The number of carbonyl (C=O) groups is 1. The van der Waals surface area contributed by atoms with Gasteiger partial charge in [-0.25, -0.2) is 14.8 Å². The molecule has 1 aliphatic heterocycles. The molecule has 0 radical (unpaired) electrons. The Bertz CT molecular complexity index is 784. The Morgan fingerprint density at radius 3 is 2.63 bits per heavy atom. The summed E-state index contributed by atoms with van der Waals surface area (Å²) >= 11 is 5.99. The third-order valence-electron chi connectivity index (χ3n) is 4.68. The van der Waals surface area contributed by atoms with Crippen molar-refractivity contribution in [3.05, 3.63) is 41.7 Å². The van der Waals surface area contributed by atoms with E-state index >= 15 is 0 Å². The summed E-state index contributed by atoms with van der Waals surface area (Å²) in [5, 5.41) is 3.39. The van der Waals surface area contributed by atoms with Crippen LogP contribution in [0.25, 0.3) is 0 Å². The molecule has 7 nitrogen and oxygen atoms in total. The third-order valence-corrected chi connectivity index (χ3v) is 4.89. The molecule has 2 amide bonds. The molecule has 2 heterocycles. The molecule has 0 spiro atoms. The molecular weight excluding hydrogens is 366 g/mol. The molecule has 1 atom stereocenters. The van der Waals surface area contributed by atoms with Gasteiger partial charge in [-0.1, -0.05) is 25.4 Å². The molecular formula is C19H24ClN5O2. The maximum absolute atomic E-state index is 12.8. The van der Waals surface area contributed by atoms with Gasteiger partial charge in [-0.2, -0.15) is 0 Å². The number of nitrogens with zero attached hydrogens (tertiary/aromatic N) is 4. The van der Waals surface area contributed by atoms with Crippen LogP contribution in [0.5, 0.6) is 5.75 Å². The highest BCUT2D eigenvalue weighted by atomic mass is 35.5. The van der Waals surface area contributed by atoms with E-state index in [1.54, 1.807) is 19.4 Å². The van der Waals surface area contributed by atoms with Gasteiger partial charge < -0.3 is 19.9 Å². The standard InChI is InChI=1S/C19H24ClN5O2/c1-13(2)16-12-24(18-21-9-8-17(20)23-18)10-11-25(16)19(26)22-14-4-6-15(27-3)7-5-14/h4-9,13,16H,10-12H2,1-3H3,(H,22,26). The fourth-order valence-electron chi connectivity index (χ4n) is 3.16. The first-order chi connectivity index (χ1) is 13.0. The highest BCUT2D eigenvalue weighted by molar-refractivity contribution is 6.29. The van der Waals surface area contributed by atoms with Crippen LogP contribution in [-0.4, -0.2) is 53.7 Å². The molecule has 1 unspecified atom stereocenters. The number of carbonyl (C=O) groups excluding carboxylic acids is 1. The molecule has 1 aliphatic rings. The van der Waals surface area contributed by atoms with Gasteiger partial charge in [0.2, 0.25) is 5.95 Å². The lowest BCUT2D eigenvalue weighted by atomic mass is 10.00. The molecule has 3 rings (SSSR count). The molecule has 1 N–H and O–H groups in total. The molecule has 0 aliphatic carbocycles. The van der Waals surface area contributed by atoms with Crippen LogP contribution in [0.3, 0.4) is 0 Å². The van der Waals surface area contributed by atoms with Crippen LogP contribution in [0.2, 0.25) is 5.15 Å². The van der Waals surface area contributed by atoms with Gasteiger partial charge >= 0.3 is 6.03 Å². The number of ether oxygens (including phenoxy) is 1. The van der Waals surface area contributed by atoms with Crippen LogP contribution in [0.4, 0.5) is 16.4 Å². The van der Waals surface area contributed by atoms with Gasteiger partial charge in [-0.3, -0.25) is 0 Å². The first-order valence-electron chi connectivity index (χ1n) is 8.93. The molecule has 2 aromatic rings. The Morgan fingerprint density at radius 2 is 2.00 bits per heavy atom. The number of hydrogen-bond donors (Lipinski definition) is 1. The SMILES string of the molecule is COc1ccc(NC(=O)N2CCN(c3nccc(Cl)n3)CC2C(C)C)cc1. The summed E-state index contributed by atoms with van der Waals surface area (Å²) in [6, 6.07) is 8.90. The summed E-state index contributed by atoms with van der Waals surface area (Å²) < 4.78 is 5.15. The van der Waals surface area contributed by atoms with Crippen LogP contribution in [0.15, 0.2) is 36.5 Å². The number of hydrogen-bond acceptors (Lipinski definition) is 5. The monoisotopic (exact) mass is 389 g/mol. The second-order valence-corrected chi connectivity index (χ2v) is 7.18. The molecule has 8 heteroatoms. The zero-order valence-corrected chi connectivity index (χ0v) is 16.5. The summed E-state index contributed by atoms with van der Waals surface area (Å²) in [6.45, 7) is 6.12. The first kappa shape index (κ1) is 19.2. The quantitative estimate of drug-likeness (QED) is 0.810. The van der Waals surface area contributed by atoms with Crippen LogP contribution in [0.1, 0.15) is 13.8 Å². The number of aromatic nitrogens is 2. The molecule has 1 aromatic carbocycles. The number of nitrogens with one attached hydrogen (secondary N) is 1. The van der Waals surface area contributed by atoms with Gasteiger partial charge in [0, 0.05) is 31.5 Å². The Kier molecular flexibility index (Phi) is 6.01. The van der Waals surface area contributed by atoms with Crippen molar-refractivity contribution in [1.82, 2.24) is 14.9 Å². The van der Waals surface area contributed by atoms with Gasteiger partial charge in [0.25, 0.3) is 0 Å². The van der Waals surface area contributed by atoms with Gasteiger partial charge in [-0.05, 0) is 36.2 Å². The fraction of sp³-hybridized carbons (Fsp3) is 0.421. The first-order valence-corrected chi connectivity index (χ1v) is 9.31. The summed E-state index contributed by atoms with van der Waals surface area (Å²) in [5.74, 6) is 1.64. The van der Waals surface area contributed by atoms with E-state index in [2.05, 4.69) is 34.0 Å². The minimum Gasteiger partial charge on any atom is -0.497 e. The number of benzene rings is 1. The Morgan fingerprint density at radius 1 is 1.26 bits per heavy atom. The van der Waals surface area contributed by atoms with Gasteiger partial charge in [0.05, 0.1) is 13.2 Å². The largest absolute Gasteiger partial charge is 0.497 e. The maximum Gasteiger partial charge on any atom is 0.322 e. The van der Waals surface area contributed by atoms with E-state index in [4.69, 9.17) is 16.3 Å². The van der Waals surface area contributed by atoms with E-state index in [1.165, 1.54) is 0 Å². The summed E-state index contributed by atoms with van der Waals surface area (Å²) in [6.07, 6.45) is 1.65. The van der Waals surface area contributed by atoms with Crippen molar-refractivity contribution in [3.63, 3.8) is 0 Å². The van der Waals surface area contributed by atoms with Crippen LogP contribution in [-0.2, 0) is 0 Å². The van der Waals surface area contributed by atoms with E-state index in [1.807, 2.05) is 29.2 Å². The molecule has 144 valence electrons. The van der Waals surface area contributed by atoms with E-state index in [0.29, 0.717) is 30.7 Å². The zero-order valence-electron chi connectivity index (χ0n) is 15.7. The number of amides is 2. The minimum atomic E-state index is -0.106. The minimum absolute atomic E-state index is 0.0413. The zero-order chi connectivity index (χ0) is 19.4. The molecule has 27 heavy (non-hydrogen) atoms. The highest BCUT2D eigenvalue weighted by Crippen LogP contribution is 2.23. The number of methoxy groups -OCH3 is 1. The van der Waals surface area contributed by atoms with Crippen LogP contribution < -0.4 is 15.0 Å². The highest BCUT2D eigenvalue weighted by Gasteiger charge is 2.33. The van der Waals surface area contributed by atoms with E-state index in [-0.39, 0.29) is 18.0 Å². The van der Waals surface area contributed by atoms with Gasteiger partial charge in [0.1, 0.15) is 10.9 Å². The maximum atomic E-state index is 12.8. The van der Waals surface area contributed by atoms with Crippen LogP contribution >= 0.6 is 11.6 Å². The molecule has 1 aromatic heterocycles. The lowest BCUT2D eigenvalue weighted by molar-refractivity contribution is 0.156. The third kappa shape index (κ3) is 4.60. The van der Waals surface area contributed by atoms with Crippen LogP contribution in [0, 0.1) is 5.92 Å². The number of rotatable bonds is 4. The number of anilines is 2. The van der Waals surface area contributed by atoms with Crippen molar-refractivity contribution in [2.45, 2.75) is 19.9 Å². The lowest BCUT2D eigenvalue weighted by Crippen LogP contribution is -2.58. The number of urea groups is 1. The van der Waals surface area contributed by atoms with Crippen molar-refractivity contribution in [1.29, 1.82) is 0 Å². The smallest absolute Gasteiger partial charge is 0.322 e. The lowest BCUT2D eigenvalue weighted by Gasteiger charge is -2.43. The Labute approximate surface area is 164 Å². The summed E-state index contributed by atoms with van der Waals surface area (Å²) in [5.41, 5.74) is 0.740. The molecule has 0 saturated carbocycles. The van der Waals surface area contributed by atoms with E-state index < -0.39 is 0 Å². The average molecular weight is 390 g/mol.